The lowest BCUT2D eigenvalue weighted by molar-refractivity contribution is 0.227. The fourth-order valence-electron chi connectivity index (χ4n) is 4.27. The molecule has 224 valence electrons. The number of nitrogens with two attached hydrogens (primary N) is 2. The van der Waals surface area contributed by atoms with Crippen molar-refractivity contribution >= 4 is 6.03 Å². The predicted molar refractivity (Wildman–Crippen MR) is 164 cm³/mol. The molecule has 2 amide bonds. The van der Waals surface area contributed by atoms with Gasteiger partial charge in [-0.3, -0.25) is 4.79 Å². The van der Waals surface area contributed by atoms with Crippen LogP contribution in [0.2, 0.25) is 0 Å². The lowest BCUT2D eigenvalue weighted by Crippen LogP contribution is -2.50. The Kier molecular flexibility index (Phi) is 13.2. The summed E-state index contributed by atoms with van der Waals surface area (Å²) in [4.78, 5) is 33.6. The smallest absolute Gasteiger partial charge is 0.315 e. The molecule has 0 saturated carbocycles. The zero-order valence-electron chi connectivity index (χ0n) is 25.4. The number of urea groups is 1. The van der Waals surface area contributed by atoms with Crippen LogP contribution in [0.15, 0.2) is 35.3 Å². The second-order valence-electron chi connectivity index (χ2n) is 12.5. The number of aromatic amines is 1. The highest BCUT2D eigenvalue weighted by atomic mass is 16.2. The molecule has 1 atom stereocenters. The zero-order chi connectivity index (χ0) is 29.8. The standard InChI is InChI=1S/C18H26N4O.C12H26N4O/c1-18(2,3)17-21-12-15(16(23)22-17)14-7-5-13(6-8-14)11-20-10-4-9-19;1-12(2,3)15-11(17)14-10-5-8-16(9-10)7-4-6-13/h5-8,12,20H,4,9-11,19H2,1-3H3,(H,21,22,23);10H,4-9,13H2,1-3H3,(H2,14,15,17)/t;10-/m.1/s1. The van der Waals surface area contributed by atoms with E-state index >= 15 is 0 Å². The summed E-state index contributed by atoms with van der Waals surface area (Å²) in [6, 6.07) is 8.19. The van der Waals surface area contributed by atoms with Crippen molar-refractivity contribution in [2.45, 2.75) is 84.3 Å². The lowest BCUT2D eigenvalue weighted by atomic mass is 9.95. The molecule has 0 spiro atoms. The van der Waals surface area contributed by atoms with Crippen LogP contribution < -0.4 is 33.0 Å². The van der Waals surface area contributed by atoms with Crippen LogP contribution in [0.3, 0.4) is 0 Å². The summed E-state index contributed by atoms with van der Waals surface area (Å²) in [5.41, 5.74) is 13.2. The van der Waals surface area contributed by atoms with Gasteiger partial charge in [-0.1, -0.05) is 45.0 Å². The predicted octanol–water partition coefficient (Wildman–Crippen LogP) is 2.68. The second-order valence-corrected chi connectivity index (χ2v) is 12.5. The molecule has 0 radical (unpaired) electrons. The number of nitrogens with zero attached hydrogens (tertiary/aromatic N) is 2. The first-order valence-corrected chi connectivity index (χ1v) is 14.4. The van der Waals surface area contributed by atoms with Gasteiger partial charge in [-0.15, -0.1) is 0 Å². The highest BCUT2D eigenvalue weighted by molar-refractivity contribution is 5.75. The van der Waals surface area contributed by atoms with Gasteiger partial charge in [0, 0.05) is 42.8 Å². The Bertz CT molecular complexity index is 1090. The van der Waals surface area contributed by atoms with Crippen LogP contribution in [0.5, 0.6) is 0 Å². The Morgan fingerprint density at radius 1 is 1.07 bits per heavy atom. The van der Waals surface area contributed by atoms with Gasteiger partial charge < -0.3 is 37.3 Å². The number of nitrogens with one attached hydrogen (secondary N) is 4. The summed E-state index contributed by atoms with van der Waals surface area (Å²) in [5.74, 6) is 0.701. The van der Waals surface area contributed by atoms with Crippen molar-refractivity contribution < 1.29 is 4.79 Å². The van der Waals surface area contributed by atoms with Crippen LogP contribution in [-0.4, -0.2) is 71.7 Å². The molecule has 0 bridgehead atoms. The van der Waals surface area contributed by atoms with Crippen LogP contribution in [-0.2, 0) is 12.0 Å². The molecule has 1 aliphatic heterocycles. The fraction of sp³-hybridized carbons (Fsp3) is 0.633. The maximum Gasteiger partial charge on any atom is 0.315 e. The molecule has 1 saturated heterocycles. The van der Waals surface area contributed by atoms with Gasteiger partial charge in [-0.25, -0.2) is 9.78 Å². The molecule has 3 rings (SSSR count). The minimum absolute atomic E-state index is 0.0665. The Balaban J connectivity index is 0.000000294. The van der Waals surface area contributed by atoms with E-state index in [0.29, 0.717) is 17.9 Å². The number of benzene rings is 1. The monoisotopic (exact) mass is 556 g/mol. The third-order valence-electron chi connectivity index (χ3n) is 6.44. The SMILES string of the molecule is CC(C)(C)NC(=O)N[C@@H]1CCN(CCCN)C1.CC(C)(C)c1ncc(-c2ccc(CNCCCN)cc2)c(=O)[nH]1. The summed E-state index contributed by atoms with van der Waals surface area (Å²) in [5, 5.41) is 9.27. The van der Waals surface area contributed by atoms with Crippen molar-refractivity contribution in [3.8, 4) is 11.1 Å². The van der Waals surface area contributed by atoms with Gasteiger partial charge in [0.05, 0.1) is 5.56 Å². The summed E-state index contributed by atoms with van der Waals surface area (Å²) >= 11 is 0. The topological polar surface area (TPSA) is 154 Å². The van der Waals surface area contributed by atoms with E-state index in [1.807, 2.05) is 65.8 Å². The number of amides is 2. The molecule has 10 heteroatoms. The number of hydrogen-bond acceptors (Lipinski definition) is 7. The van der Waals surface area contributed by atoms with E-state index in [9.17, 15) is 9.59 Å². The Morgan fingerprint density at radius 3 is 2.33 bits per heavy atom. The Hall–Kier alpha value is -2.79. The van der Waals surface area contributed by atoms with E-state index in [4.69, 9.17) is 11.5 Å². The van der Waals surface area contributed by atoms with E-state index in [2.05, 4.69) is 30.8 Å². The lowest BCUT2D eigenvalue weighted by Gasteiger charge is -2.23. The minimum Gasteiger partial charge on any atom is -0.334 e. The summed E-state index contributed by atoms with van der Waals surface area (Å²) in [6.07, 6.45) is 4.69. The number of carbonyl (C=O) groups excluding carboxylic acids is 1. The fourth-order valence-corrected chi connectivity index (χ4v) is 4.27. The van der Waals surface area contributed by atoms with Gasteiger partial charge in [0.1, 0.15) is 5.82 Å². The Morgan fingerprint density at radius 2 is 1.75 bits per heavy atom. The normalized spacial score (nSPS) is 15.8. The average Bonchev–Trinajstić information content (AvgIpc) is 3.31. The van der Waals surface area contributed by atoms with Crippen molar-refractivity contribution in [3.63, 3.8) is 0 Å². The highest BCUT2D eigenvalue weighted by Gasteiger charge is 2.24. The van der Waals surface area contributed by atoms with E-state index in [1.54, 1.807) is 6.20 Å². The summed E-state index contributed by atoms with van der Waals surface area (Å²) in [6.45, 7) is 18.2. The maximum atomic E-state index is 12.3. The molecule has 1 aromatic heterocycles. The van der Waals surface area contributed by atoms with Crippen molar-refractivity contribution in [2.75, 3.05) is 39.3 Å². The third kappa shape index (κ3) is 12.2. The highest BCUT2D eigenvalue weighted by Crippen LogP contribution is 2.19. The van der Waals surface area contributed by atoms with Crippen LogP contribution in [0.4, 0.5) is 4.79 Å². The van der Waals surface area contributed by atoms with Gasteiger partial charge in [-0.05, 0) is 77.3 Å². The molecule has 8 N–H and O–H groups in total. The molecule has 1 aromatic carbocycles. The van der Waals surface area contributed by atoms with E-state index < -0.39 is 0 Å². The second kappa shape index (κ2) is 15.9. The van der Waals surface area contributed by atoms with Gasteiger partial charge in [0.2, 0.25) is 0 Å². The molecular formula is C30H52N8O2. The number of rotatable bonds is 10. The molecule has 1 fully saturated rings. The Labute approximate surface area is 240 Å². The van der Waals surface area contributed by atoms with E-state index in [0.717, 1.165) is 64.1 Å². The van der Waals surface area contributed by atoms with Crippen molar-refractivity contribution in [2.24, 2.45) is 11.5 Å². The molecule has 0 unspecified atom stereocenters. The van der Waals surface area contributed by atoms with Gasteiger partial charge >= 0.3 is 6.03 Å². The molecule has 10 nitrogen and oxygen atoms in total. The quantitative estimate of drug-likeness (QED) is 0.246. The number of H-pyrrole nitrogens is 1. The maximum absolute atomic E-state index is 12.3. The largest absolute Gasteiger partial charge is 0.334 e. The molecule has 0 aliphatic carbocycles. The van der Waals surface area contributed by atoms with E-state index in [-0.39, 0.29) is 28.6 Å². The molecule has 40 heavy (non-hydrogen) atoms. The van der Waals surface area contributed by atoms with Crippen LogP contribution in [0.25, 0.3) is 11.1 Å². The molecule has 2 aromatic rings. The van der Waals surface area contributed by atoms with Crippen LogP contribution in [0.1, 0.15) is 72.2 Å². The van der Waals surface area contributed by atoms with Crippen LogP contribution in [0, 0.1) is 0 Å². The first-order chi connectivity index (χ1) is 18.8. The molecular weight excluding hydrogens is 504 g/mol. The molecule has 1 aliphatic rings. The molecule has 2 heterocycles. The first kappa shape index (κ1) is 33.4. The van der Waals surface area contributed by atoms with Gasteiger partial charge in [0.25, 0.3) is 5.56 Å². The number of aromatic nitrogens is 2. The summed E-state index contributed by atoms with van der Waals surface area (Å²) < 4.78 is 0. The number of carbonyl (C=O) groups is 1. The van der Waals surface area contributed by atoms with Gasteiger partial charge in [0.15, 0.2) is 0 Å². The van der Waals surface area contributed by atoms with Gasteiger partial charge in [-0.2, -0.15) is 0 Å². The van der Waals surface area contributed by atoms with Crippen LogP contribution >= 0.6 is 0 Å². The number of likely N-dealkylation sites (tertiary alicyclic amines) is 1. The minimum atomic E-state index is -0.179. The first-order valence-electron chi connectivity index (χ1n) is 14.4. The third-order valence-corrected chi connectivity index (χ3v) is 6.44. The number of hydrogen-bond donors (Lipinski definition) is 6. The average molecular weight is 557 g/mol. The summed E-state index contributed by atoms with van der Waals surface area (Å²) in [7, 11) is 0. The van der Waals surface area contributed by atoms with Crippen molar-refractivity contribution in [3.05, 3.63) is 52.2 Å². The van der Waals surface area contributed by atoms with E-state index in [1.165, 1.54) is 5.56 Å². The van der Waals surface area contributed by atoms with Crippen molar-refractivity contribution in [1.29, 1.82) is 0 Å². The van der Waals surface area contributed by atoms with Crippen molar-refractivity contribution in [1.82, 2.24) is 30.8 Å². The zero-order valence-corrected chi connectivity index (χ0v) is 25.4.